The average Bonchev–Trinajstić information content (AvgIpc) is 3.27. The van der Waals surface area contributed by atoms with Crippen molar-refractivity contribution in [2.24, 2.45) is 5.14 Å². The zero-order valence-electron chi connectivity index (χ0n) is 17.8. The molecule has 1 atom stereocenters. The van der Waals surface area contributed by atoms with Crippen molar-refractivity contribution in [3.05, 3.63) is 59.1 Å². The van der Waals surface area contributed by atoms with E-state index in [1.165, 1.54) is 36.4 Å². The van der Waals surface area contributed by atoms with Gasteiger partial charge in [0.15, 0.2) is 0 Å². The van der Waals surface area contributed by atoms with Gasteiger partial charge in [-0.2, -0.15) is 4.31 Å². The summed E-state index contributed by atoms with van der Waals surface area (Å²) in [6.45, 7) is 0.151. The molecular formula is C20H23ClN4O7S2. The van der Waals surface area contributed by atoms with E-state index in [0.29, 0.717) is 11.4 Å². The quantitative estimate of drug-likeness (QED) is 0.398. The van der Waals surface area contributed by atoms with Crippen LogP contribution in [0.1, 0.15) is 5.56 Å². The molecule has 2 aromatic carbocycles. The number of sulfonamides is 2. The van der Waals surface area contributed by atoms with Crippen molar-refractivity contribution in [1.29, 1.82) is 0 Å². The number of ether oxygens (including phenoxy) is 1. The molecule has 0 unspecified atom stereocenters. The molecule has 2 amide bonds. The van der Waals surface area contributed by atoms with Crippen LogP contribution in [0.4, 0.5) is 0 Å². The van der Waals surface area contributed by atoms with E-state index in [0.717, 1.165) is 9.87 Å². The standard InChI is InChI=1S/C20H23ClN4O7S2/c21-15-3-7-17(8-4-15)34(30,31)25-11-12-32-18(25)13-24-20(27)19(26)23-10-9-14-1-5-16(6-2-14)33(22,28)29/h1-8,18H,9-13H2,(H,23,26)(H,24,27)(H2,22,28,29)/t18-/m1/s1. The van der Waals surface area contributed by atoms with E-state index < -0.39 is 38.1 Å². The Labute approximate surface area is 202 Å². The molecule has 14 heteroatoms. The lowest BCUT2D eigenvalue weighted by Gasteiger charge is -2.22. The van der Waals surface area contributed by atoms with Gasteiger partial charge in [-0.3, -0.25) is 9.59 Å². The van der Waals surface area contributed by atoms with E-state index in [4.69, 9.17) is 21.5 Å². The van der Waals surface area contributed by atoms with Gasteiger partial charge in [0.2, 0.25) is 20.0 Å². The Balaban J connectivity index is 1.48. The normalized spacial score (nSPS) is 16.8. The maximum absolute atomic E-state index is 12.9. The molecule has 1 fully saturated rings. The van der Waals surface area contributed by atoms with E-state index in [1.54, 1.807) is 12.1 Å². The summed E-state index contributed by atoms with van der Waals surface area (Å²) in [6.07, 6.45) is -0.613. The molecule has 1 aliphatic rings. The summed E-state index contributed by atoms with van der Waals surface area (Å²) in [5, 5.41) is 10.3. The fourth-order valence-corrected chi connectivity index (χ4v) is 5.34. The highest BCUT2D eigenvalue weighted by atomic mass is 35.5. The van der Waals surface area contributed by atoms with E-state index in [1.807, 2.05) is 0 Å². The third-order valence-electron chi connectivity index (χ3n) is 4.96. The van der Waals surface area contributed by atoms with Gasteiger partial charge in [-0.05, 0) is 48.4 Å². The molecule has 1 heterocycles. The molecule has 0 spiro atoms. The minimum Gasteiger partial charge on any atom is -0.359 e. The van der Waals surface area contributed by atoms with Crippen molar-refractivity contribution in [3.8, 4) is 0 Å². The number of benzene rings is 2. The molecule has 1 saturated heterocycles. The Bertz CT molecular complexity index is 1250. The van der Waals surface area contributed by atoms with Gasteiger partial charge in [0.1, 0.15) is 6.23 Å². The third kappa shape index (κ3) is 6.52. The van der Waals surface area contributed by atoms with Crippen LogP contribution in [0.15, 0.2) is 58.3 Å². The summed E-state index contributed by atoms with van der Waals surface area (Å²) < 4.78 is 54.8. The number of rotatable bonds is 8. The summed E-state index contributed by atoms with van der Waals surface area (Å²) in [5.74, 6) is -1.84. The molecule has 184 valence electrons. The number of carbonyl (C=O) groups excluding carboxylic acids is 2. The molecule has 3 rings (SSSR count). The molecule has 1 aliphatic heterocycles. The summed E-state index contributed by atoms with van der Waals surface area (Å²) in [4.78, 5) is 24.2. The van der Waals surface area contributed by atoms with Crippen LogP contribution in [-0.2, 0) is 40.8 Å². The van der Waals surface area contributed by atoms with Crippen molar-refractivity contribution in [3.63, 3.8) is 0 Å². The number of primary sulfonamides is 1. The molecule has 0 radical (unpaired) electrons. The van der Waals surface area contributed by atoms with Gasteiger partial charge in [-0.25, -0.2) is 22.0 Å². The van der Waals surface area contributed by atoms with Crippen LogP contribution < -0.4 is 15.8 Å². The summed E-state index contributed by atoms with van der Waals surface area (Å²) in [5.41, 5.74) is 0.732. The third-order valence-corrected chi connectivity index (χ3v) is 8.04. The number of nitrogens with two attached hydrogens (primary N) is 1. The predicted octanol–water partition coefficient (Wildman–Crippen LogP) is -0.190. The fraction of sp³-hybridized carbons (Fsp3) is 0.300. The first-order chi connectivity index (χ1) is 16.0. The molecular weight excluding hydrogens is 508 g/mol. The van der Waals surface area contributed by atoms with Crippen LogP contribution in [0, 0.1) is 0 Å². The van der Waals surface area contributed by atoms with Gasteiger partial charge in [-0.1, -0.05) is 23.7 Å². The Hall–Kier alpha value is -2.55. The molecule has 0 aliphatic carbocycles. The Morgan fingerprint density at radius 3 is 2.18 bits per heavy atom. The number of nitrogens with one attached hydrogen (secondary N) is 2. The first-order valence-electron chi connectivity index (χ1n) is 10.1. The fourth-order valence-electron chi connectivity index (χ4n) is 3.19. The molecule has 0 saturated carbocycles. The lowest BCUT2D eigenvalue weighted by molar-refractivity contribution is -0.139. The monoisotopic (exact) mass is 530 g/mol. The van der Waals surface area contributed by atoms with Crippen LogP contribution in [0.25, 0.3) is 0 Å². The Morgan fingerprint density at radius 1 is 0.971 bits per heavy atom. The Kier molecular flexibility index (Phi) is 8.28. The predicted molar refractivity (Wildman–Crippen MR) is 123 cm³/mol. The second-order valence-electron chi connectivity index (χ2n) is 7.30. The number of amides is 2. The highest BCUT2D eigenvalue weighted by molar-refractivity contribution is 7.89. The maximum Gasteiger partial charge on any atom is 0.309 e. The largest absolute Gasteiger partial charge is 0.359 e. The lowest BCUT2D eigenvalue weighted by Crippen LogP contribution is -2.47. The van der Waals surface area contributed by atoms with Gasteiger partial charge in [0, 0.05) is 18.1 Å². The van der Waals surface area contributed by atoms with Gasteiger partial charge < -0.3 is 15.4 Å². The maximum atomic E-state index is 12.9. The summed E-state index contributed by atoms with van der Waals surface area (Å²) >= 11 is 5.81. The first-order valence-corrected chi connectivity index (χ1v) is 13.4. The van der Waals surface area contributed by atoms with Crippen molar-refractivity contribution < 1.29 is 31.2 Å². The van der Waals surface area contributed by atoms with Crippen LogP contribution in [0.3, 0.4) is 0 Å². The SMILES string of the molecule is NS(=O)(=O)c1ccc(CCNC(=O)C(=O)NC[C@H]2OCCN2S(=O)(=O)c2ccc(Cl)cc2)cc1. The molecule has 11 nitrogen and oxygen atoms in total. The minimum atomic E-state index is -3.88. The van der Waals surface area contributed by atoms with E-state index in [9.17, 15) is 26.4 Å². The van der Waals surface area contributed by atoms with E-state index in [2.05, 4.69) is 10.6 Å². The van der Waals surface area contributed by atoms with Crippen LogP contribution in [0.2, 0.25) is 5.02 Å². The van der Waals surface area contributed by atoms with E-state index in [-0.39, 0.29) is 36.0 Å². The van der Waals surface area contributed by atoms with Gasteiger partial charge in [0.05, 0.1) is 22.9 Å². The number of halogens is 1. The van der Waals surface area contributed by atoms with Gasteiger partial charge in [-0.15, -0.1) is 0 Å². The zero-order chi connectivity index (χ0) is 24.9. The highest BCUT2D eigenvalue weighted by Crippen LogP contribution is 2.23. The summed E-state index contributed by atoms with van der Waals surface area (Å²) in [6, 6.07) is 11.5. The molecule has 4 N–H and O–H groups in total. The second kappa shape index (κ2) is 10.8. The van der Waals surface area contributed by atoms with E-state index >= 15 is 0 Å². The van der Waals surface area contributed by atoms with Crippen molar-refractivity contribution in [2.75, 3.05) is 26.2 Å². The number of hydrogen-bond acceptors (Lipinski definition) is 7. The summed E-state index contributed by atoms with van der Waals surface area (Å²) in [7, 11) is -7.67. The van der Waals surface area contributed by atoms with Crippen LogP contribution >= 0.6 is 11.6 Å². The van der Waals surface area contributed by atoms with Crippen LogP contribution in [0.5, 0.6) is 0 Å². The Morgan fingerprint density at radius 2 is 1.56 bits per heavy atom. The van der Waals surface area contributed by atoms with Gasteiger partial charge >= 0.3 is 11.8 Å². The van der Waals surface area contributed by atoms with Crippen molar-refractivity contribution in [1.82, 2.24) is 14.9 Å². The highest BCUT2D eigenvalue weighted by Gasteiger charge is 2.36. The second-order valence-corrected chi connectivity index (χ2v) is 11.2. The average molecular weight is 531 g/mol. The minimum absolute atomic E-state index is 0.0269. The zero-order valence-corrected chi connectivity index (χ0v) is 20.2. The van der Waals surface area contributed by atoms with Crippen molar-refractivity contribution >= 4 is 43.5 Å². The molecule has 34 heavy (non-hydrogen) atoms. The smallest absolute Gasteiger partial charge is 0.309 e. The number of carbonyl (C=O) groups is 2. The topological polar surface area (TPSA) is 165 Å². The molecule has 0 bridgehead atoms. The van der Waals surface area contributed by atoms with Crippen LogP contribution in [-0.4, -0.2) is 65.4 Å². The molecule has 2 aromatic rings. The first kappa shape index (κ1) is 26.1. The lowest BCUT2D eigenvalue weighted by atomic mass is 10.1. The number of nitrogens with zero attached hydrogens (tertiary/aromatic N) is 1. The van der Waals surface area contributed by atoms with Crippen molar-refractivity contribution in [2.45, 2.75) is 22.4 Å². The van der Waals surface area contributed by atoms with Gasteiger partial charge in [0.25, 0.3) is 0 Å². The number of hydrogen-bond donors (Lipinski definition) is 3. The molecule has 0 aromatic heterocycles.